The van der Waals surface area contributed by atoms with E-state index in [9.17, 15) is 4.79 Å². The van der Waals surface area contributed by atoms with Crippen LogP contribution < -0.4 is 16.0 Å². The highest BCUT2D eigenvalue weighted by Crippen LogP contribution is 2.38. The molecule has 0 radical (unpaired) electrons. The molecule has 0 saturated heterocycles. The Hall–Kier alpha value is -1.85. The molecular formula is C13H21N5O. The molecule has 1 heterocycles. The van der Waals surface area contributed by atoms with Gasteiger partial charge in [-0.3, -0.25) is 4.79 Å². The Bertz CT molecular complexity index is 445. The van der Waals surface area contributed by atoms with Gasteiger partial charge in [-0.05, 0) is 19.8 Å². The van der Waals surface area contributed by atoms with E-state index in [1.165, 1.54) is 12.8 Å². The Labute approximate surface area is 113 Å². The van der Waals surface area contributed by atoms with Crippen molar-refractivity contribution in [3.63, 3.8) is 0 Å². The smallest absolute Gasteiger partial charge is 0.221 e. The predicted octanol–water partition coefficient (Wildman–Crippen LogP) is 1.33. The molecule has 1 aliphatic rings. The van der Waals surface area contributed by atoms with Crippen LogP contribution in [0.1, 0.15) is 37.9 Å². The van der Waals surface area contributed by atoms with Crippen molar-refractivity contribution in [1.29, 1.82) is 0 Å². The van der Waals surface area contributed by atoms with E-state index >= 15 is 0 Å². The molecule has 1 fully saturated rings. The Kier molecular flexibility index (Phi) is 4.54. The fourth-order valence-electron chi connectivity index (χ4n) is 1.80. The molecule has 19 heavy (non-hydrogen) atoms. The van der Waals surface area contributed by atoms with Crippen molar-refractivity contribution in [3.05, 3.63) is 11.9 Å². The first-order valence-electron chi connectivity index (χ1n) is 6.80. The van der Waals surface area contributed by atoms with Crippen molar-refractivity contribution in [3.8, 4) is 0 Å². The molecule has 2 rings (SSSR count). The highest BCUT2D eigenvalue weighted by molar-refractivity contribution is 5.76. The SMILES string of the molecule is CCNC(=O)CCNc1cc(NC)nc(C2CC2)n1. The first-order chi connectivity index (χ1) is 9.22. The fourth-order valence-corrected chi connectivity index (χ4v) is 1.80. The number of carbonyl (C=O) groups is 1. The number of rotatable bonds is 7. The summed E-state index contributed by atoms with van der Waals surface area (Å²) in [5.41, 5.74) is 0. The molecule has 0 unspecified atom stereocenters. The molecule has 3 N–H and O–H groups in total. The van der Waals surface area contributed by atoms with E-state index in [1.54, 1.807) is 0 Å². The lowest BCUT2D eigenvalue weighted by atomic mass is 10.3. The number of nitrogens with one attached hydrogen (secondary N) is 3. The van der Waals surface area contributed by atoms with Crippen LogP contribution in [0.5, 0.6) is 0 Å². The van der Waals surface area contributed by atoms with E-state index in [0.717, 1.165) is 17.5 Å². The van der Waals surface area contributed by atoms with Crippen molar-refractivity contribution in [2.75, 3.05) is 30.8 Å². The van der Waals surface area contributed by atoms with E-state index in [0.29, 0.717) is 25.4 Å². The molecule has 104 valence electrons. The van der Waals surface area contributed by atoms with Gasteiger partial charge in [0.15, 0.2) is 0 Å². The summed E-state index contributed by atoms with van der Waals surface area (Å²) in [6, 6.07) is 1.86. The zero-order chi connectivity index (χ0) is 13.7. The molecule has 1 aromatic heterocycles. The summed E-state index contributed by atoms with van der Waals surface area (Å²) in [6.45, 7) is 3.16. The third-order valence-electron chi connectivity index (χ3n) is 2.97. The summed E-state index contributed by atoms with van der Waals surface area (Å²) in [5, 5.41) is 8.99. The van der Waals surface area contributed by atoms with E-state index in [-0.39, 0.29) is 5.91 Å². The van der Waals surface area contributed by atoms with Crippen molar-refractivity contribution >= 4 is 17.5 Å². The van der Waals surface area contributed by atoms with Crippen molar-refractivity contribution < 1.29 is 4.79 Å². The first kappa shape index (κ1) is 13.6. The number of hydrogen-bond acceptors (Lipinski definition) is 5. The molecule has 6 heteroatoms. The van der Waals surface area contributed by atoms with E-state index in [1.807, 2.05) is 20.0 Å². The number of anilines is 2. The van der Waals surface area contributed by atoms with E-state index in [2.05, 4.69) is 25.9 Å². The Morgan fingerprint density at radius 2 is 2.11 bits per heavy atom. The number of aromatic nitrogens is 2. The quantitative estimate of drug-likeness (QED) is 0.691. The average molecular weight is 263 g/mol. The minimum absolute atomic E-state index is 0.0558. The lowest BCUT2D eigenvalue weighted by Gasteiger charge is -2.09. The van der Waals surface area contributed by atoms with Crippen molar-refractivity contribution in [2.45, 2.75) is 32.1 Å². The topological polar surface area (TPSA) is 78.9 Å². The van der Waals surface area contributed by atoms with E-state index < -0.39 is 0 Å². The molecule has 1 aromatic rings. The zero-order valence-corrected chi connectivity index (χ0v) is 11.5. The average Bonchev–Trinajstić information content (AvgIpc) is 3.23. The van der Waals surface area contributed by atoms with Gasteiger partial charge in [-0.25, -0.2) is 9.97 Å². The molecule has 1 aliphatic carbocycles. The molecule has 0 aromatic carbocycles. The van der Waals surface area contributed by atoms with E-state index in [4.69, 9.17) is 0 Å². The van der Waals surface area contributed by atoms with Gasteiger partial charge in [0.1, 0.15) is 17.5 Å². The van der Waals surface area contributed by atoms with Crippen LogP contribution in [-0.2, 0) is 4.79 Å². The van der Waals surface area contributed by atoms with Gasteiger partial charge in [-0.15, -0.1) is 0 Å². The van der Waals surface area contributed by atoms with Crippen LogP contribution in [-0.4, -0.2) is 36.0 Å². The normalized spacial score (nSPS) is 14.0. The van der Waals surface area contributed by atoms with Gasteiger partial charge in [0.25, 0.3) is 0 Å². The zero-order valence-electron chi connectivity index (χ0n) is 11.5. The Morgan fingerprint density at radius 1 is 1.37 bits per heavy atom. The number of hydrogen-bond donors (Lipinski definition) is 3. The number of carbonyl (C=O) groups excluding carboxylic acids is 1. The van der Waals surface area contributed by atoms with Gasteiger partial charge in [0.2, 0.25) is 5.91 Å². The lowest BCUT2D eigenvalue weighted by molar-refractivity contribution is -0.120. The second-order valence-electron chi connectivity index (χ2n) is 4.65. The first-order valence-corrected chi connectivity index (χ1v) is 6.80. The highest BCUT2D eigenvalue weighted by atomic mass is 16.1. The van der Waals surface area contributed by atoms with Gasteiger partial charge in [-0.2, -0.15) is 0 Å². The van der Waals surface area contributed by atoms with Crippen LogP contribution >= 0.6 is 0 Å². The minimum Gasteiger partial charge on any atom is -0.373 e. The number of amides is 1. The second-order valence-corrected chi connectivity index (χ2v) is 4.65. The summed E-state index contributed by atoms with van der Waals surface area (Å²) in [7, 11) is 1.84. The molecule has 6 nitrogen and oxygen atoms in total. The van der Waals surface area contributed by atoms with Crippen molar-refractivity contribution in [1.82, 2.24) is 15.3 Å². The van der Waals surface area contributed by atoms with Gasteiger partial charge < -0.3 is 16.0 Å². The Balaban J connectivity index is 1.91. The molecule has 0 aliphatic heterocycles. The molecule has 1 saturated carbocycles. The van der Waals surface area contributed by atoms with Gasteiger partial charge in [0.05, 0.1) is 0 Å². The lowest BCUT2D eigenvalue weighted by Crippen LogP contribution is -2.24. The van der Waals surface area contributed by atoms with Crippen molar-refractivity contribution in [2.24, 2.45) is 0 Å². The summed E-state index contributed by atoms with van der Waals surface area (Å²) < 4.78 is 0. The third kappa shape index (κ3) is 4.08. The van der Waals surface area contributed by atoms with Gasteiger partial charge in [-0.1, -0.05) is 0 Å². The van der Waals surface area contributed by atoms with Crippen LogP contribution in [0.25, 0.3) is 0 Å². The highest BCUT2D eigenvalue weighted by Gasteiger charge is 2.27. The summed E-state index contributed by atoms with van der Waals surface area (Å²) in [4.78, 5) is 20.3. The summed E-state index contributed by atoms with van der Waals surface area (Å²) in [6.07, 6.45) is 2.79. The van der Waals surface area contributed by atoms with Gasteiger partial charge >= 0.3 is 0 Å². The largest absolute Gasteiger partial charge is 0.373 e. The monoisotopic (exact) mass is 263 g/mol. The Morgan fingerprint density at radius 3 is 2.74 bits per heavy atom. The van der Waals surface area contributed by atoms with Crippen LogP contribution in [0.2, 0.25) is 0 Å². The second kappa shape index (κ2) is 6.36. The maximum absolute atomic E-state index is 11.3. The standard InChI is InChI=1S/C13H21N5O/c1-3-15-12(19)6-7-16-11-8-10(14-2)17-13(18-11)9-4-5-9/h8-9H,3-7H2,1-2H3,(H,15,19)(H2,14,16,17,18). The molecule has 0 atom stereocenters. The fraction of sp³-hybridized carbons (Fsp3) is 0.615. The van der Waals surface area contributed by atoms with Crippen LogP contribution in [0.4, 0.5) is 11.6 Å². The van der Waals surface area contributed by atoms with Gasteiger partial charge in [0, 0.05) is 38.5 Å². The van der Waals surface area contributed by atoms with Crippen LogP contribution in [0.15, 0.2) is 6.07 Å². The minimum atomic E-state index is 0.0558. The summed E-state index contributed by atoms with van der Waals surface area (Å²) in [5.74, 6) is 3.06. The van der Waals surface area contributed by atoms with Crippen LogP contribution in [0, 0.1) is 0 Å². The predicted molar refractivity (Wildman–Crippen MR) is 75.3 cm³/mol. The maximum Gasteiger partial charge on any atom is 0.221 e. The molecule has 1 amide bonds. The molecular weight excluding hydrogens is 242 g/mol. The molecule has 0 bridgehead atoms. The maximum atomic E-state index is 11.3. The third-order valence-corrected chi connectivity index (χ3v) is 2.97. The van der Waals surface area contributed by atoms with Crippen LogP contribution in [0.3, 0.4) is 0 Å². The number of nitrogens with zero attached hydrogens (tertiary/aromatic N) is 2. The summed E-state index contributed by atoms with van der Waals surface area (Å²) >= 11 is 0. The molecule has 0 spiro atoms.